The Kier molecular flexibility index (Phi) is 4.68. The van der Waals surface area contributed by atoms with E-state index in [1.54, 1.807) is 5.38 Å². The molecular formula is C13H16N2O3S. The van der Waals surface area contributed by atoms with Crippen molar-refractivity contribution in [1.82, 2.24) is 4.98 Å². The second-order valence-corrected chi connectivity index (χ2v) is 5.27. The number of hydrogen-bond donors (Lipinski definition) is 1. The van der Waals surface area contributed by atoms with E-state index in [9.17, 15) is 9.59 Å². The predicted octanol–water partition coefficient (Wildman–Crippen LogP) is 2.15. The highest BCUT2D eigenvalue weighted by Gasteiger charge is 2.15. The zero-order valence-electron chi connectivity index (χ0n) is 10.7. The van der Waals surface area contributed by atoms with Crippen LogP contribution in [-0.4, -0.2) is 24.0 Å². The van der Waals surface area contributed by atoms with Crippen LogP contribution >= 0.6 is 11.3 Å². The van der Waals surface area contributed by atoms with Gasteiger partial charge in [-0.2, -0.15) is 0 Å². The molecule has 0 saturated heterocycles. The minimum atomic E-state index is -0.334. The Balaban J connectivity index is 1.83. The van der Waals surface area contributed by atoms with E-state index in [2.05, 4.69) is 27.2 Å². The first-order valence-electron chi connectivity index (χ1n) is 6.15. The minimum Gasteiger partial charge on any atom is -0.469 e. The summed E-state index contributed by atoms with van der Waals surface area (Å²) in [5, 5.41) is 5.05. The SMILES string of the molecule is COC(=O)Cc1csc(NC(=O)C[C@@H]2C=CCC2)n1. The highest BCUT2D eigenvalue weighted by molar-refractivity contribution is 7.13. The van der Waals surface area contributed by atoms with E-state index in [-0.39, 0.29) is 18.3 Å². The van der Waals surface area contributed by atoms with Crippen molar-refractivity contribution in [3.63, 3.8) is 0 Å². The summed E-state index contributed by atoms with van der Waals surface area (Å²) in [6, 6.07) is 0. The number of thiazole rings is 1. The van der Waals surface area contributed by atoms with Crippen molar-refractivity contribution >= 4 is 28.3 Å². The zero-order chi connectivity index (χ0) is 13.7. The van der Waals surface area contributed by atoms with Crippen LogP contribution in [-0.2, 0) is 20.7 Å². The summed E-state index contributed by atoms with van der Waals surface area (Å²) >= 11 is 1.32. The van der Waals surface area contributed by atoms with Crippen molar-refractivity contribution in [2.45, 2.75) is 25.7 Å². The molecule has 0 bridgehead atoms. The first kappa shape index (κ1) is 13.7. The van der Waals surface area contributed by atoms with Crippen molar-refractivity contribution in [2.75, 3.05) is 12.4 Å². The lowest BCUT2D eigenvalue weighted by Crippen LogP contribution is -2.14. The Morgan fingerprint density at radius 1 is 1.58 bits per heavy atom. The van der Waals surface area contributed by atoms with Gasteiger partial charge in [-0.3, -0.25) is 9.59 Å². The van der Waals surface area contributed by atoms with Gasteiger partial charge in [0.2, 0.25) is 5.91 Å². The highest BCUT2D eigenvalue weighted by Crippen LogP contribution is 2.22. The van der Waals surface area contributed by atoms with Crippen molar-refractivity contribution < 1.29 is 14.3 Å². The Bertz CT molecular complexity index is 496. The number of ether oxygens (including phenoxy) is 1. The minimum absolute atomic E-state index is 0.0319. The summed E-state index contributed by atoms with van der Waals surface area (Å²) in [5.74, 6) is -0.0238. The lowest BCUT2D eigenvalue weighted by atomic mass is 10.1. The number of nitrogens with one attached hydrogen (secondary N) is 1. The molecule has 0 saturated carbocycles. The summed E-state index contributed by atoms with van der Waals surface area (Å²) in [6.07, 6.45) is 6.91. The Morgan fingerprint density at radius 2 is 2.42 bits per heavy atom. The Morgan fingerprint density at radius 3 is 3.11 bits per heavy atom. The maximum absolute atomic E-state index is 11.8. The molecule has 0 aromatic carbocycles. The molecule has 0 aliphatic heterocycles. The number of aromatic nitrogens is 1. The fourth-order valence-corrected chi connectivity index (χ4v) is 2.67. The number of anilines is 1. The zero-order valence-corrected chi connectivity index (χ0v) is 11.5. The van der Waals surface area contributed by atoms with Crippen LogP contribution in [0.25, 0.3) is 0 Å². The fourth-order valence-electron chi connectivity index (χ4n) is 1.94. The molecule has 1 heterocycles. The van der Waals surface area contributed by atoms with Crippen molar-refractivity contribution in [1.29, 1.82) is 0 Å². The molecule has 5 nitrogen and oxygen atoms in total. The second kappa shape index (κ2) is 6.47. The Labute approximate surface area is 115 Å². The maximum Gasteiger partial charge on any atom is 0.311 e. The van der Waals surface area contributed by atoms with Gasteiger partial charge in [0.25, 0.3) is 0 Å². The molecule has 0 radical (unpaired) electrons. The second-order valence-electron chi connectivity index (χ2n) is 4.41. The molecule has 19 heavy (non-hydrogen) atoms. The third kappa shape index (κ3) is 4.17. The summed E-state index contributed by atoms with van der Waals surface area (Å²) in [7, 11) is 1.34. The van der Waals surface area contributed by atoms with Crippen molar-refractivity contribution in [3.05, 3.63) is 23.2 Å². The van der Waals surface area contributed by atoms with Crippen molar-refractivity contribution in [3.8, 4) is 0 Å². The van der Waals surface area contributed by atoms with Gasteiger partial charge in [-0.15, -0.1) is 11.3 Å². The topological polar surface area (TPSA) is 68.3 Å². The number of carbonyl (C=O) groups is 2. The third-order valence-electron chi connectivity index (χ3n) is 2.91. The molecule has 1 aliphatic carbocycles. The van der Waals surface area contributed by atoms with Crippen LogP contribution in [0.5, 0.6) is 0 Å². The number of esters is 1. The summed E-state index contributed by atoms with van der Waals surface area (Å²) in [6.45, 7) is 0. The molecule has 1 aromatic heterocycles. The summed E-state index contributed by atoms with van der Waals surface area (Å²) in [5.41, 5.74) is 0.618. The lowest BCUT2D eigenvalue weighted by Gasteiger charge is -2.06. The van der Waals surface area contributed by atoms with Gasteiger partial charge in [0.05, 0.1) is 19.2 Å². The summed E-state index contributed by atoms with van der Waals surface area (Å²) < 4.78 is 4.56. The third-order valence-corrected chi connectivity index (χ3v) is 3.72. The van der Waals surface area contributed by atoms with Crippen LogP contribution in [0.3, 0.4) is 0 Å². The molecule has 1 amide bonds. The number of methoxy groups -OCH3 is 1. The molecule has 102 valence electrons. The van der Waals surface area contributed by atoms with E-state index in [1.165, 1.54) is 18.4 Å². The van der Waals surface area contributed by atoms with Gasteiger partial charge < -0.3 is 10.1 Å². The monoisotopic (exact) mass is 280 g/mol. The Hall–Kier alpha value is -1.69. The van der Waals surface area contributed by atoms with Gasteiger partial charge in [0, 0.05) is 11.8 Å². The van der Waals surface area contributed by atoms with E-state index < -0.39 is 0 Å². The number of nitrogens with zero attached hydrogens (tertiary/aromatic N) is 1. The highest BCUT2D eigenvalue weighted by atomic mass is 32.1. The van der Waals surface area contributed by atoms with Gasteiger partial charge >= 0.3 is 5.97 Å². The van der Waals surface area contributed by atoms with Crippen LogP contribution in [0.2, 0.25) is 0 Å². The molecule has 2 rings (SSSR count). The first-order chi connectivity index (χ1) is 9.17. The van der Waals surface area contributed by atoms with E-state index in [4.69, 9.17) is 0 Å². The quantitative estimate of drug-likeness (QED) is 0.663. The molecule has 0 fully saturated rings. The molecule has 1 N–H and O–H groups in total. The molecule has 0 spiro atoms. The van der Waals surface area contributed by atoms with Crippen LogP contribution in [0, 0.1) is 5.92 Å². The van der Waals surface area contributed by atoms with Gasteiger partial charge in [-0.1, -0.05) is 12.2 Å². The number of carbonyl (C=O) groups excluding carboxylic acids is 2. The predicted molar refractivity (Wildman–Crippen MR) is 72.9 cm³/mol. The van der Waals surface area contributed by atoms with Crippen LogP contribution in [0.15, 0.2) is 17.5 Å². The number of allylic oxidation sites excluding steroid dienone is 2. The number of hydrogen-bond acceptors (Lipinski definition) is 5. The van der Waals surface area contributed by atoms with E-state index in [1.807, 2.05) is 0 Å². The molecular weight excluding hydrogens is 264 g/mol. The molecule has 1 atom stereocenters. The fraction of sp³-hybridized carbons (Fsp3) is 0.462. The van der Waals surface area contributed by atoms with E-state index in [0.29, 0.717) is 23.2 Å². The lowest BCUT2D eigenvalue weighted by molar-refractivity contribution is -0.139. The molecule has 6 heteroatoms. The van der Waals surface area contributed by atoms with Crippen LogP contribution in [0.4, 0.5) is 5.13 Å². The smallest absolute Gasteiger partial charge is 0.311 e. The van der Waals surface area contributed by atoms with Crippen LogP contribution < -0.4 is 5.32 Å². The largest absolute Gasteiger partial charge is 0.469 e. The van der Waals surface area contributed by atoms with Gasteiger partial charge in [0.1, 0.15) is 0 Å². The molecule has 0 unspecified atom stereocenters. The van der Waals surface area contributed by atoms with E-state index >= 15 is 0 Å². The van der Waals surface area contributed by atoms with Gasteiger partial charge in [0.15, 0.2) is 5.13 Å². The normalized spacial score (nSPS) is 17.4. The van der Waals surface area contributed by atoms with E-state index in [0.717, 1.165) is 12.8 Å². The van der Waals surface area contributed by atoms with Gasteiger partial charge in [-0.05, 0) is 18.8 Å². The standard InChI is InChI=1S/C13H16N2O3S/c1-18-12(17)7-10-8-19-13(14-10)15-11(16)6-9-4-2-3-5-9/h2,4,8-9H,3,5-7H2,1H3,(H,14,15,16)/t9-/m1/s1. The van der Waals surface area contributed by atoms with Gasteiger partial charge in [-0.25, -0.2) is 4.98 Å². The summed E-state index contributed by atoms with van der Waals surface area (Å²) in [4.78, 5) is 27.1. The average molecular weight is 280 g/mol. The number of rotatable bonds is 5. The molecule has 1 aliphatic rings. The van der Waals surface area contributed by atoms with Crippen molar-refractivity contribution in [2.24, 2.45) is 5.92 Å². The first-order valence-corrected chi connectivity index (χ1v) is 7.03. The average Bonchev–Trinajstić information content (AvgIpc) is 3.01. The van der Waals surface area contributed by atoms with Crippen LogP contribution in [0.1, 0.15) is 25.0 Å². The number of amides is 1. The maximum atomic E-state index is 11.8. The molecule has 1 aromatic rings.